The van der Waals surface area contributed by atoms with Crippen LogP contribution in [0, 0.1) is 0 Å². The van der Waals surface area contributed by atoms with E-state index in [1.54, 1.807) is 7.11 Å². The van der Waals surface area contributed by atoms with E-state index >= 15 is 0 Å². The highest BCUT2D eigenvalue weighted by molar-refractivity contribution is 5.91. The lowest BCUT2D eigenvalue weighted by Gasteiger charge is -2.37. The third kappa shape index (κ3) is 3.22. The van der Waals surface area contributed by atoms with E-state index in [1.807, 2.05) is 59.5 Å². The first-order valence-electron chi connectivity index (χ1n) is 10.4. The number of aromatic nitrogens is 1. The Bertz CT molecular complexity index is 1030. The van der Waals surface area contributed by atoms with Crippen molar-refractivity contribution in [2.45, 2.75) is 18.3 Å². The Morgan fingerprint density at radius 3 is 2.40 bits per heavy atom. The lowest BCUT2D eigenvalue weighted by atomic mass is 9.99. The molecule has 1 amide bonds. The average molecular weight is 403 g/mol. The average Bonchev–Trinajstić information content (AvgIpc) is 3.48. The van der Waals surface area contributed by atoms with E-state index in [0.717, 1.165) is 48.6 Å². The van der Waals surface area contributed by atoms with Crippen LogP contribution in [0.5, 0.6) is 5.75 Å². The molecule has 6 heteroatoms. The molecule has 1 aromatic heterocycles. The summed E-state index contributed by atoms with van der Waals surface area (Å²) >= 11 is 0. The molecule has 0 N–H and O–H groups in total. The van der Waals surface area contributed by atoms with Crippen LogP contribution in [-0.2, 0) is 10.2 Å². The van der Waals surface area contributed by atoms with Crippen molar-refractivity contribution in [2.24, 2.45) is 0 Å². The monoisotopic (exact) mass is 403 g/mol. The van der Waals surface area contributed by atoms with E-state index < -0.39 is 5.41 Å². The SMILES string of the molecule is COc1ccccc1N1CCN(C(=O)C2(c3cc(-c4ccccc4)on3)CC2)CC1. The number of carbonyl (C=O) groups is 1. The first kappa shape index (κ1) is 18.7. The van der Waals surface area contributed by atoms with Gasteiger partial charge in [0.1, 0.15) is 5.75 Å². The minimum Gasteiger partial charge on any atom is -0.495 e. The molecule has 0 bridgehead atoms. The Morgan fingerprint density at radius 2 is 1.70 bits per heavy atom. The second kappa shape index (κ2) is 7.52. The molecule has 1 saturated carbocycles. The Balaban J connectivity index is 1.29. The molecule has 2 aliphatic rings. The second-order valence-corrected chi connectivity index (χ2v) is 7.98. The molecule has 5 rings (SSSR count). The van der Waals surface area contributed by atoms with Crippen LogP contribution in [-0.4, -0.2) is 49.3 Å². The maximum Gasteiger partial charge on any atom is 0.235 e. The van der Waals surface area contributed by atoms with Gasteiger partial charge in [0.2, 0.25) is 5.91 Å². The van der Waals surface area contributed by atoms with E-state index in [9.17, 15) is 4.79 Å². The maximum absolute atomic E-state index is 13.4. The quantitative estimate of drug-likeness (QED) is 0.650. The summed E-state index contributed by atoms with van der Waals surface area (Å²) in [5, 5.41) is 4.28. The molecule has 0 unspecified atom stereocenters. The third-order valence-electron chi connectivity index (χ3n) is 6.21. The van der Waals surface area contributed by atoms with Gasteiger partial charge >= 0.3 is 0 Å². The fourth-order valence-electron chi connectivity index (χ4n) is 4.29. The van der Waals surface area contributed by atoms with Crippen molar-refractivity contribution in [3.05, 3.63) is 66.4 Å². The van der Waals surface area contributed by atoms with Crippen LogP contribution in [0.15, 0.2) is 65.2 Å². The van der Waals surface area contributed by atoms with Gasteiger partial charge in [-0.05, 0) is 25.0 Å². The number of rotatable bonds is 5. The van der Waals surface area contributed by atoms with Crippen molar-refractivity contribution in [1.29, 1.82) is 0 Å². The number of methoxy groups -OCH3 is 1. The number of hydrogen-bond acceptors (Lipinski definition) is 5. The predicted molar refractivity (Wildman–Crippen MR) is 115 cm³/mol. The van der Waals surface area contributed by atoms with Crippen molar-refractivity contribution < 1.29 is 14.1 Å². The van der Waals surface area contributed by atoms with Crippen LogP contribution in [0.3, 0.4) is 0 Å². The Kier molecular flexibility index (Phi) is 4.69. The molecule has 1 aliphatic heterocycles. The van der Waals surface area contributed by atoms with Gasteiger partial charge in [0.05, 0.1) is 23.9 Å². The molecule has 3 aromatic rings. The van der Waals surface area contributed by atoms with Gasteiger partial charge in [-0.1, -0.05) is 47.6 Å². The summed E-state index contributed by atoms with van der Waals surface area (Å²) in [6, 6.07) is 19.9. The van der Waals surface area contributed by atoms with Crippen LogP contribution >= 0.6 is 0 Å². The summed E-state index contributed by atoms with van der Waals surface area (Å²) < 4.78 is 11.1. The minimum absolute atomic E-state index is 0.176. The fourth-order valence-corrected chi connectivity index (χ4v) is 4.29. The van der Waals surface area contributed by atoms with Gasteiger partial charge < -0.3 is 19.1 Å². The van der Waals surface area contributed by atoms with Crippen LogP contribution in [0.25, 0.3) is 11.3 Å². The molecule has 2 aromatic carbocycles. The van der Waals surface area contributed by atoms with E-state index in [4.69, 9.17) is 9.26 Å². The van der Waals surface area contributed by atoms with Gasteiger partial charge in [-0.15, -0.1) is 0 Å². The molecule has 30 heavy (non-hydrogen) atoms. The van der Waals surface area contributed by atoms with Gasteiger partial charge in [-0.3, -0.25) is 4.79 Å². The van der Waals surface area contributed by atoms with Crippen LogP contribution in [0.1, 0.15) is 18.5 Å². The van der Waals surface area contributed by atoms with E-state index in [0.29, 0.717) is 18.8 Å². The van der Waals surface area contributed by atoms with Gasteiger partial charge in [0.25, 0.3) is 0 Å². The van der Waals surface area contributed by atoms with Crippen LogP contribution < -0.4 is 9.64 Å². The highest BCUT2D eigenvalue weighted by Gasteiger charge is 2.55. The Labute approximate surface area is 176 Å². The molecule has 1 saturated heterocycles. The van der Waals surface area contributed by atoms with Crippen molar-refractivity contribution in [3.8, 4) is 17.1 Å². The van der Waals surface area contributed by atoms with Crippen molar-refractivity contribution in [3.63, 3.8) is 0 Å². The molecule has 6 nitrogen and oxygen atoms in total. The molecular formula is C24H25N3O3. The van der Waals surface area contributed by atoms with E-state index in [-0.39, 0.29) is 5.91 Å². The number of carbonyl (C=O) groups excluding carboxylic acids is 1. The first-order chi connectivity index (χ1) is 14.7. The Hall–Kier alpha value is -3.28. The number of piperazine rings is 1. The molecule has 154 valence electrons. The fraction of sp³-hybridized carbons (Fsp3) is 0.333. The number of para-hydroxylation sites is 2. The molecule has 2 heterocycles. The van der Waals surface area contributed by atoms with E-state index in [2.05, 4.69) is 16.1 Å². The summed E-state index contributed by atoms with van der Waals surface area (Å²) in [6.07, 6.45) is 1.67. The van der Waals surface area contributed by atoms with Crippen molar-refractivity contribution in [1.82, 2.24) is 10.1 Å². The smallest absolute Gasteiger partial charge is 0.235 e. The number of nitrogens with zero attached hydrogens (tertiary/aromatic N) is 3. The zero-order valence-corrected chi connectivity index (χ0v) is 17.1. The molecule has 1 aliphatic carbocycles. The number of benzene rings is 2. The largest absolute Gasteiger partial charge is 0.495 e. The molecule has 0 atom stereocenters. The van der Waals surface area contributed by atoms with Crippen LogP contribution in [0.2, 0.25) is 0 Å². The van der Waals surface area contributed by atoms with Crippen LogP contribution in [0.4, 0.5) is 5.69 Å². The first-order valence-corrected chi connectivity index (χ1v) is 10.4. The summed E-state index contributed by atoms with van der Waals surface area (Å²) in [5.41, 5.74) is 2.31. The molecule has 2 fully saturated rings. The summed E-state index contributed by atoms with van der Waals surface area (Å²) in [6.45, 7) is 2.97. The number of anilines is 1. The highest BCUT2D eigenvalue weighted by Crippen LogP contribution is 2.50. The minimum atomic E-state index is -0.511. The second-order valence-electron chi connectivity index (χ2n) is 7.98. The van der Waals surface area contributed by atoms with Gasteiger partial charge in [0.15, 0.2) is 5.76 Å². The number of hydrogen-bond donors (Lipinski definition) is 0. The van der Waals surface area contributed by atoms with Gasteiger partial charge in [0, 0.05) is 37.8 Å². The summed E-state index contributed by atoms with van der Waals surface area (Å²) in [5.74, 6) is 1.76. The standard InChI is InChI=1S/C24H25N3O3/c1-29-20-10-6-5-9-19(20)26-13-15-27(16-14-26)23(28)24(11-12-24)22-17-21(30-25-22)18-7-3-2-4-8-18/h2-10,17H,11-16H2,1H3. The lowest BCUT2D eigenvalue weighted by molar-refractivity contribution is -0.134. The van der Waals surface area contributed by atoms with E-state index in [1.165, 1.54) is 0 Å². The molecular weight excluding hydrogens is 378 g/mol. The predicted octanol–water partition coefficient (Wildman–Crippen LogP) is 3.73. The Morgan fingerprint density at radius 1 is 1.00 bits per heavy atom. The number of ether oxygens (including phenoxy) is 1. The zero-order valence-electron chi connectivity index (χ0n) is 17.1. The topological polar surface area (TPSA) is 58.8 Å². The summed E-state index contributed by atoms with van der Waals surface area (Å²) in [7, 11) is 1.69. The summed E-state index contributed by atoms with van der Waals surface area (Å²) in [4.78, 5) is 17.7. The molecule has 0 spiro atoms. The maximum atomic E-state index is 13.4. The van der Waals surface area contributed by atoms with Crippen molar-refractivity contribution in [2.75, 3.05) is 38.2 Å². The third-order valence-corrected chi connectivity index (χ3v) is 6.21. The van der Waals surface area contributed by atoms with Gasteiger partial charge in [-0.2, -0.15) is 0 Å². The highest BCUT2D eigenvalue weighted by atomic mass is 16.5. The number of amides is 1. The van der Waals surface area contributed by atoms with Crippen molar-refractivity contribution >= 4 is 11.6 Å². The lowest BCUT2D eigenvalue weighted by Crippen LogP contribution is -2.51. The molecule has 0 radical (unpaired) electrons. The normalized spacial score (nSPS) is 17.6. The zero-order chi connectivity index (χ0) is 20.6. The van der Waals surface area contributed by atoms with Gasteiger partial charge in [-0.25, -0.2) is 0 Å².